The van der Waals surface area contributed by atoms with Crippen molar-refractivity contribution in [3.63, 3.8) is 0 Å². The number of nitrogens with two attached hydrogens (primary N) is 1. The van der Waals surface area contributed by atoms with Crippen LogP contribution in [0, 0.1) is 5.92 Å². The van der Waals surface area contributed by atoms with E-state index in [-0.39, 0.29) is 24.8 Å². The summed E-state index contributed by atoms with van der Waals surface area (Å²) in [6.45, 7) is 0. The lowest BCUT2D eigenvalue weighted by molar-refractivity contribution is -0.0483. The molecule has 1 fully saturated rings. The normalized spacial score (nSPS) is 20.4. The third-order valence-corrected chi connectivity index (χ3v) is 4.03. The van der Waals surface area contributed by atoms with E-state index in [0.29, 0.717) is 24.3 Å². The summed E-state index contributed by atoms with van der Waals surface area (Å²) in [5, 5.41) is 0. The zero-order valence-electron chi connectivity index (χ0n) is 11.9. The molecule has 3 nitrogen and oxygen atoms in total. The molecule has 1 saturated carbocycles. The van der Waals surface area contributed by atoms with Gasteiger partial charge in [0, 0.05) is 24.9 Å². The molecule has 0 heterocycles. The van der Waals surface area contributed by atoms with Crippen LogP contribution in [0.4, 0.5) is 8.78 Å². The van der Waals surface area contributed by atoms with E-state index in [1.807, 2.05) is 12.1 Å². The molecule has 0 amide bonds. The number of hydrogen-bond acceptors (Lipinski definition) is 3. The lowest BCUT2D eigenvalue weighted by Crippen LogP contribution is -2.31. The van der Waals surface area contributed by atoms with E-state index in [2.05, 4.69) is 0 Å². The number of rotatable bonds is 4. The van der Waals surface area contributed by atoms with Crippen molar-refractivity contribution in [3.8, 4) is 11.5 Å². The minimum absolute atomic E-state index is 0.0754. The molecule has 1 unspecified atom stereocenters. The molecule has 1 aliphatic rings. The van der Waals surface area contributed by atoms with Gasteiger partial charge in [0.05, 0.1) is 14.2 Å². The standard InChI is InChI=1S/C15H21F2NO2/c1-19-12-7-11(8-13(9-12)20-2)14(18)10-3-5-15(16,17)6-4-10/h7-10,14H,3-6,18H2,1-2H3. The molecule has 0 bridgehead atoms. The van der Waals surface area contributed by atoms with Gasteiger partial charge in [0.1, 0.15) is 11.5 Å². The maximum absolute atomic E-state index is 13.2. The molecule has 2 rings (SSSR count). The van der Waals surface area contributed by atoms with E-state index in [4.69, 9.17) is 15.2 Å². The third kappa shape index (κ3) is 3.39. The van der Waals surface area contributed by atoms with Crippen molar-refractivity contribution in [2.24, 2.45) is 11.7 Å². The molecule has 20 heavy (non-hydrogen) atoms. The fraction of sp³-hybridized carbons (Fsp3) is 0.600. The van der Waals surface area contributed by atoms with Gasteiger partial charge in [-0.2, -0.15) is 0 Å². The summed E-state index contributed by atoms with van der Waals surface area (Å²) in [5.41, 5.74) is 7.12. The van der Waals surface area contributed by atoms with E-state index in [9.17, 15) is 8.78 Å². The van der Waals surface area contributed by atoms with Gasteiger partial charge in [-0.05, 0) is 36.5 Å². The van der Waals surface area contributed by atoms with Crippen LogP contribution < -0.4 is 15.2 Å². The zero-order valence-corrected chi connectivity index (χ0v) is 11.9. The van der Waals surface area contributed by atoms with E-state index >= 15 is 0 Å². The summed E-state index contributed by atoms with van der Waals surface area (Å²) in [6, 6.07) is 5.19. The minimum Gasteiger partial charge on any atom is -0.497 e. The summed E-state index contributed by atoms with van der Waals surface area (Å²) >= 11 is 0. The van der Waals surface area contributed by atoms with Gasteiger partial charge in [0.2, 0.25) is 5.92 Å². The lowest BCUT2D eigenvalue weighted by Gasteiger charge is -2.32. The average Bonchev–Trinajstić information content (AvgIpc) is 2.46. The van der Waals surface area contributed by atoms with Crippen LogP contribution in [0.2, 0.25) is 0 Å². The van der Waals surface area contributed by atoms with Crippen molar-refractivity contribution in [2.75, 3.05) is 14.2 Å². The van der Waals surface area contributed by atoms with Crippen molar-refractivity contribution >= 4 is 0 Å². The number of benzene rings is 1. The van der Waals surface area contributed by atoms with Crippen LogP contribution >= 0.6 is 0 Å². The zero-order chi connectivity index (χ0) is 14.8. The fourth-order valence-corrected chi connectivity index (χ4v) is 2.72. The molecule has 0 aromatic heterocycles. The number of methoxy groups -OCH3 is 2. The minimum atomic E-state index is -2.53. The molecule has 5 heteroatoms. The monoisotopic (exact) mass is 285 g/mol. The van der Waals surface area contributed by atoms with E-state index in [1.54, 1.807) is 20.3 Å². The van der Waals surface area contributed by atoms with Crippen LogP contribution in [0.15, 0.2) is 18.2 Å². The van der Waals surface area contributed by atoms with Gasteiger partial charge >= 0.3 is 0 Å². The second kappa shape index (κ2) is 5.95. The van der Waals surface area contributed by atoms with Crippen LogP contribution in [0.1, 0.15) is 37.3 Å². The van der Waals surface area contributed by atoms with E-state index in [0.717, 1.165) is 5.56 Å². The van der Waals surface area contributed by atoms with Crippen molar-refractivity contribution in [1.82, 2.24) is 0 Å². The highest BCUT2D eigenvalue weighted by molar-refractivity contribution is 5.40. The maximum Gasteiger partial charge on any atom is 0.248 e. The fourth-order valence-electron chi connectivity index (χ4n) is 2.72. The largest absolute Gasteiger partial charge is 0.497 e. The van der Waals surface area contributed by atoms with E-state index < -0.39 is 5.92 Å². The molecule has 0 spiro atoms. The van der Waals surface area contributed by atoms with Crippen molar-refractivity contribution < 1.29 is 18.3 Å². The molecule has 1 aromatic rings. The Morgan fingerprint density at radius 2 is 1.60 bits per heavy atom. The molecular formula is C15H21F2NO2. The highest BCUT2D eigenvalue weighted by Crippen LogP contribution is 2.41. The molecule has 0 aliphatic heterocycles. The highest BCUT2D eigenvalue weighted by Gasteiger charge is 2.37. The van der Waals surface area contributed by atoms with Crippen molar-refractivity contribution in [3.05, 3.63) is 23.8 Å². The molecule has 0 radical (unpaired) electrons. The van der Waals surface area contributed by atoms with Gasteiger partial charge < -0.3 is 15.2 Å². The summed E-state index contributed by atoms with van der Waals surface area (Å²) in [4.78, 5) is 0. The van der Waals surface area contributed by atoms with Crippen LogP contribution in [0.25, 0.3) is 0 Å². The molecule has 2 N–H and O–H groups in total. The van der Waals surface area contributed by atoms with Gasteiger partial charge in [-0.25, -0.2) is 8.78 Å². The van der Waals surface area contributed by atoms with Gasteiger partial charge in [0.25, 0.3) is 0 Å². The van der Waals surface area contributed by atoms with Crippen LogP contribution in [-0.2, 0) is 0 Å². The Hall–Kier alpha value is -1.36. The number of hydrogen-bond donors (Lipinski definition) is 1. The second-order valence-electron chi connectivity index (χ2n) is 5.37. The first kappa shape index (κ1) is 15.0. The Labute approximate surface area is 118 Å². The predicted octanol–water partition coefficient (Wildman–Crippen LogP) is 3.53. The molecule has 0 saturated heterocycles. The Bertz CT molecular complexity index is 433. The third-order valence-electron chi connectivity index (χ3n) is 4.03. The summed E-state index contributed by atoms with van der Waals surface area (Å²) in [6.07, 6.45) is 0.750. The molecule has 1 atom stereocenters. The van der Waals surface area contributed by atoms with Crippen molar-refractivity contribution in [2.45, 2.75) is 37.6 Å². The SMILES string of the molecule is COc1cc(OC)cc(C(N)C2CCC(F)(F)CC2)c1. The Morgan fingerprint density at radius 3 is 2.05 bits per heavy atom. The summed E-state index contributed by atoms with van der Waals surface area (Å²) < 4.78 is 36.8. The van der Waals surface area contributed by atoms with Gasteiger partial charge in [-0.15, -0.1) is 0 Å². The Kier molecular flexibility index (Phi) is 4.48. The Morgan fingerprint density at radius 1 is 1.10 bits per heavy atom. The van der Waals surface area contributed by atoms with Gasteiger partial charge in [-0.1, -0.05) is 0 Å². The summed E-state index contributed by atoms with van der Waals surface area (Å²) in [7, 11) is 3.15. The Balaban J connectivity index is 2.14. The lowest BCUT2D eigenvalue weighted by atomic mass is 9.80. The first-order chi connectivity index (χ1) is 9.45. The van der Waals surface area contributed by atoms with Crippen LogP contribution in [0.5, 0.6) is 11.5 Å². The van der Waals surface area contributed by atoms with Crippen molar-refractivity contribution in [1.29, 1.82) is 0 Å². The maximum atomic E-state index is 13.2. The first-order valence-electron chi connectivity index (χ1n) is 6.81. The molecule has 1 aliphatic carbocycles. The summed E-state index contributed by atoms with van der Waals surface area (Å²) in [5.74, 6) is -1.12. The molecular weight excluding hydrogens is 264 g/mol. The number of halogens is 2. The number of ether oxygens (including phenoxy) is 2. The van der Waals surface area contributed by atoms with Crippen LogP contribution in [0.3, 0.4) is 0 Å². The molecule has 1 aromatic carbocycles. The second-order valence-corrected chi connectivity index (χ2v) is 5.37. The number of alkyl halides is 2. The van der Waals surface area contributed by atoms with E-state index in [1.165, 1.54) is 0 Å². The van der Waals surface area contributed by atoms with Gasteiger partial charge in [-0.3, -0.25) is 0 Å². The topological polar surface area (TPSA) is 44.5 Å². The quantitative estimate of drug-likeness (QED) is 0.920. The highest BCUT2D eigenvalue weighted by atomic mass is 19.3. The first-order valence-corrected chi connectivity index (χ1v) is 6.81. The average molecular weight is 285 g/mol. The van der Waals surface area contributed by atoms with Gasteiger partial charge in [0.15, 0.2) is 0 Å². The molecule has 112 valence electrons. The smallest absolute Gasteiger partial charge is 0.248 e. The predicted molar refractivity (Wildman–Crippen MR) is 73.4 cm³/mol. The van der Waals surface area contributed by atoms with Crippen LogP contribution in [-0.4, -0.2) is 20.1 Å².